The van der Waals surface area contributed by atoms with Crippen LogP contribution in [0.2, 0.25) is 0 Å². The summed E-state index contributed by atoms with van der Waals surface area (Å²) in [7, 11) is 0. The number of aromatic amines is 1. The zero-order valence-corrected chi connectivity index (χ0v) is 11.3. The van der Waals surface area contributed by atoms with Gasteiger partial charge in [0.15, 0.2) is 0 Å². The Bertz CT molecular complexity index is 574. The van der Waals surface area contributed by atoms with Crippen LogP contribution in [-0.2, 0) is 4.79 Å². The van der Waals surface area contributed by atoms with E-state index in [2.05, 4.69) is 18.8 Å². The van der Waals surface area contributed by atoms with E-state index in [0.717, 1.165) is 22.9 Å². The second-order valence-electron chi connectivity index (χ2n) is 5.39. The standard InChI is InChI=1S/C15H20N2O2/c1-9(2)7-11(14(16)15(18)19)12-8-17-13-6-4-3-5-10(12)13/h3-6,8-9,11,14,17H,7,16H2,1-2H3,(H,18,19)/t11-,14+/m1/s1. The first-order valence-corrected chi connectivity index (χ1v) is 6.55. The van der Waals surface area contributed by atoms with E-state index in [1.165, 1.54) is 0 Å². The molecule has 0 spiro atoms. The lowest BCUT2D eigenvalue weighted by atomic mass is 9.84. The highest BCUT2D eigenvalue weighted by Gasteiger charge is 2.28. The van der Waals surface area contributed by atoms with Gasteiger partial charge in [-0.15, -0.1) is 0 Å². The van der Waals surface area contributed by atoms with E-state index in [4.69, 9.17) is 5.73 Å². The van der Waals surface area contributed by atoms with Gasteiger partial charge in [-0.2, -0.15) is 0 Å². The van der Waals surface area contributed by atoms with Crippen LogP contribution in [0.3, 0.4) is 0 Å². The minimum atomic E-state index is -0.948. The zero-order valence-electron chi connectivity index (χ0n) is 11.3. The summed E-state index contributed by atoms with van der Waals surface area (Å²) in [4.78, 5) is 14.4. The fraction of sp³-hybridized carbons (Fsp3) is 0.400. The number of rotatable bonds is 5. The quantitative estimate of drug-likeness (QED) is 0.773. The Labute approximate surface area is 112 Å². The van der Waals surface area contributed by atoms with Crippen LogP contribution in [0.1, 0.15) is 31.7 Å². The predicted octanol–water partition coefficient (Wildman–Crippen LogP) is 2.71. The Kier molecular flexibility index (Phi) is 3.90. The molecule has 4 heteroatoms. The first-order valence-electron chi connectivity index (χ1n) is 6.55. The van der Waals surface area contributed by atoms with Gasteiger partial charge in [0.2, 0.25) is 0 Å². The van der Waals surface area contributed by atoms with Gasteiger partial charge in [0.1, 0.15) is 6.04 Å². The van der Waals surface area contributed by atoms with Crippen LogP contribution >= 0.6 is 0 Å². The van der Waals surface area contributed by atoms with Crippen molar-refractivity contribution in [3.63, 3.8) is 0 Å². The largest absolute Gasteiger partial charge is 0.480 e. The van der Waals surface area contributed by atoms with Crippen molar-refractivity contribution in [3.8, 4) is 0 Å². The number of carbonyl (C=O) groups is 1. The van der Waals surface area contributed by atoms with Gasteiger partial charge in [-0.1, -0.05) is 32.0 Å². The number of carboxylic acids is 1. The van der Waals surface area contributed by atoms with E-state index in [1.807, 2.05) is 30.5 Å². The number of hydrogen-bond acceptors (Lipinski definition) is 2. The Morgan fingerprint density at radius 3 is 2.68 bits per heavy atom. The fourth-order valence-corrected chi connectivity index (χ4v) is 2.55. The molecule has 0 fully saturated rings. The molecule has 0 radical (unpaired) electrons. The van der Waals surface area contributed by atoms with E-state index < -0.39 is 12.0 Å². The number of nitrogens with one attached hydrogen (secondary N) is 1. The molecular weight excluding hydrogens is 240 g/mol. The number of para-hydroxylation sites is 1. The topological polar surface area (TPSA) is 79.1 Å². The molecule has 2 aromatic rings. The van der Waals surface area contributed by atoms with Crippen molar-refractivity contribution in [2.75, 3.05) is 0 Å². The van der Waals surface area contributed by atoms with Gasteiger partial charge in [0.05, 0.1) is 0 Å². The highest BCUT2D eigenvalue weighted by molar-refractivity contribution is 5.85. The van der Waals surface area contributed by atoms with Crippen LogP contribution < -0.4 is 5.73 Å². The predicted molar refractivity (Wildman–Crippen MR) is 76.1 cm³/mol. The summed E-state index contributed by atoms with van der Waals surface area (Å²) >= 11 is 0. The molecule has 0 saturated carbocycles. The third-order valence-electron chi connectivity index (χ3n) is 3.46. The lowest BCUT2D eigenvalue weighted by Gasteiger charge is -2.22. The SMILES string of the molecule is CC(C)C[C@H](c1c[nH]c2ccccc12)[C@H](N)C(=O)O. The van der Waals surface area contributed by atoms with Gasteiger partial charge in [0, 0.05) is 23.0 Å². The second kappa shape index (κ2) is 5.45. The summed E-state index contributed by atoms with van der Waals surface area (Å²) in [5.41, 5.74) is 7.89. The number of H-pyrrole nitrogens is 1. The van der Waals surface area contributed by atoms with Crippen LogP contribution in [0.5, 0.6) is 0 Å². The first kappa shape index (κ1) is 13.6. The Morgan fingerprint density at radius 1 is 1.37 bits per heavy atom. The van der Waals surface area contributed by atoms with Crippen molar-refractivity contribution in [3.05, 3.63) is 36.0 Å². The molecule has 0 unspecified atom stereocenters. The van der Waals surface area contributed by atoms with Crippen molar-refractivity contribution < 1.29 is 9.90 Å². The molecule has 0 bridgehead atoms. The highest BCUT2D eigenvalue weighted by atomic mass is 16.4. The monoisotopic (exact) mass is 260 g/mol. The lowest BCUT2D eigenvalue weighted by molar-refractivity contribution is -0.139. The van der Waals surface area contributed by atoms with Crippen LogP contribution in [0.15, 0.2) is 30.5 Å². The third-order valence-corrected chi connectivity index (χ3v) is 3.46. The summed E-state index contributed by atoms with van der Waals surface area (Å²) in [6, 6.07) is 7.03. The molecule has 2 rings (SSSR count). The number of benzene rings is 1. The number of aromatic nitrogens is 1. The fourth-order valence-electron chi connectivity index (χ4n) is 2.55. The average molecular weight is 260 g/mol. The molecule has 1 aromatic carbocycles. The normalized spacial score (nSPS) is 14.7. The molecule has 1 heterocycles. The van der Waals surface area contributed by atoms with Crippen molar-refractivity contribution in [2.24, 2.45) is 11.7 Å². The van der Waals surface area contributed by atoms with Gasteiger partial charge in [0.25, 0.3) is 0 Å². The van der Waals surface area contributed by atoms with Gasteiger partial charge in [-0.25, -0.2) is 0 Å². The first-order chi connectivity index (χ1) is 9.00. The zero-order chi connectivity index (χ0) is 14.0. The summed E-state index contributed by atoms with van der Waals surface area (Å²) in [6.45, 7) is 4.16. The smallest absolute Gasteiger partial charge is 0.321 e. The van der Waals surface area contributed by atoms with Crippen molar-refractivity contribution in [1.82, 2.24) is 4.98 Å². The minimum Gasteiger partial charge on any atom is -0.480 e. The van der Waals surface area contributed by atoms with E-state index in [0.29, 0.717) is 5.92 Å². The third kappa shape index (κ3) is 2.79. The molecule has 19 heavy (non-hydrogen) atoms. The van der Waals surface area contributed by atoms with Crippen LogP contribution in [0.4, 0.5) is 0 Å². The molecule has 0 aliphatic carbocycles. The number of nitrogens with two attached hydrogens (primary N) is 1. The average Bonchev–Trinajstić information content (AvgIpc) is 2.78. The molecule has 4 nitrogen and oxygen atoms in total. The van der Waals surface area contributed by atoms with E-state index in [-0.39, 0.29) is 5.92 Å². The molecule has 0 aliphatic rings. The molecule has 102 valence electrons. The van der Waals surface area contributed by atoms with Crippen molar-refractivity contribution >= 4 is 16.9 Å². The number of carboxylic acid groups (broad SMARTS) is 1. The summed E-state index contributed by atoms with van der Waals surface area (Å²) in [6.07, 6.45) is 2.65. The number of fused-ring (bicyclic) bond motifs is 1. The van der Waals surface area contributed by atoms with Crippen molar-refractivity contribution in [1.29, 1.82) is 0 Å². The molecule has 0 aliphatic heterocycles. The molecular formula is C15H20N2O2. The highest BCUT2D eigenvalue weighted by Crippen LogP contribution is 2.32. The van der Waals surface area contributed by atoms with E-state index >= 15 is 0 Å². The number of hydrogen-bond donors (Lipinski definition) is 3. The molecule has 1 aromatic heterocycles. The summed E-state index contributed by atoms with van der Waals surface area (Å²) in [5, 5.41) is 10.3. The minimum absolute atomic E-state index is 0.173. The van der Waals surface area contributed by atoms with E-state index in [1.54, 1.807) is 0 Å². The van der Waals surface area contributed by atoms with Crippen LogP contribution in [0, 0.1) is 5.92 Å². The molecule has 0 amide bonds. The Hall–Kier alpha value is -1.81. The van der Waals surface area contributed by atoms with Gasteiger partial charge >= 0.3 is 5.97 Å². The lowest BCUT2D eigenvalue weighted by Crippen LogP contribution is -2.37. The van der Waals surface area contributed by atoms with Crippen LogP contribution in [-0.4, -0.2) is 22.1 Å². The van der Waals surface area contributed by atoms with E-state index in [9.17, 15) is 9.90 Å². The maximum atomic E-state index is 11.2. The summed E-state index contributed by atoms with van der Waals surface area (Å²) < 4.78 is 0. The maximum Gasteiger partial charge on any atom is 0.321 e. The second-order valence-corrected chi connectivity index (χ2v) is 5.39. The number of aliphatic carboxylic acids is 1. The van der Waals surface area contributed by atoms with Crippen molar-refractivity contribution in [2.45, 2.75) is 32.2 Å². The van der Waals surface area contributed by atoms with Gasteiger partial charge in [-0.05, 0) is 24.0 Å². The Morgan fingerprint density at radius 2 is 2.05 bits per heavy atom. The Balaban J connectivity index is 2.45. The molecule has 0 saturated heterocycles. The molecule has 2 atom stereocenters. The summed E-state index contributed by atoms with van der Waals surface area (Å²) in [5.74, 6) is -0.728. The maximum absolute atomic E-state index is 11.2. The van der Waals surface area contributed by atoms with Crippen LogP contribution in [0.25, 0.3) is 10.9 Å². The molecule has 4 N–H and O–H groups in total. The van der Waals surface area contributed by atoms with Gasteiger partial charge < -0.3 is 15.8 Å². The van der Waals surface area contributed by atoms with Gasteiger partial charge in [-0.3, -0.25) is 4.79 Å².